The molecule has 0 aliphatic heterocycles. The van der Waals surface area contributed by atoms with E-state index >= 15 is 0 Å². The molecule has 0 spiro atoms. The van der Waals surface area contributed by atoms with Crippen molar-refractivity contribution in [1.82, 2.24) is 15.0 Å². The number of H-pyrrole nitrogens is 2. The summed E-state index contributed by atoms with van der Waals surface area (Å²) >= 11 is 9.34. The predicted octanol–water partition coefficient (Wildman–Crippen LogP) is 0.398. The zero-order valence-corrected chi connectivity index (χ0v) is 8.97. The normalized spacial score (nSPS) is 8.40. The molecule has 1 aromatic rings. The molecule has 1 aromatic heterocycles. The number of anilines is 1. The van der Waals surface area contributed by atoms with Gasteiger partial charge >= 0.3 is 0 Å². The molecule has 1 rings (SSSR count). The van der Waals surface area contributed by atoms with E-state index in [-0.39, 0.29) is 35.5 Å². The maximum atomic E-state index is 5.24. The van der Waals surface area contributed by atoms with Crippen molar-refractivity contribution in [3.63, 3.8) is 0 Å². The first-order valence-electron chi connectivity index (χ1n) is 2.14. The Labute approximate surface area is 89.6 Å². The van der Waals surface area contributed by atoms with E-state index in [1.54, 1.807) is 0 Å². The summed E-state index contributed by atoms with van der Waals surface area (Å²) < 4.78 is 0.698. The monoisotopic (exact) mass is 183 g/mol. The zero-order chi connectivity index (χ0) is 6.85. The molecule has 0 bridgehead atoms. The summed E-state index contributed by atoms with van der Waals surface area (Å²) in [6.45, 7) is 0. The van der Waals surface area contributed by atoms with Crippen molar-refractivity contribution in [2.75, 3.05) is 5.73 Å². The van der Waals surface area contributed by atoms with Gasteiger partial charge in [-0.15, -0.1) is 0 Å². The van der Waals surface area contributed by atoms with Crippen molar-refractivity contribution in [2.45, 2.75) is 0 Å². The third-order valence-corrected chi connectivity index (χ3v) is 1.08. The largest absolute Gasteiger partial charge is 0.369 e. The summed E-state index contributed by atoms with van der Waals surface area (Å²) in [4.78, 5) is 8.81. The molecule has 49 valence electrons. The van der Waals surface area contributed by atoms with E-state index in [2.05, 4.69) is 39.4 Å². The van der Waals surface area contributed by atoms with Crippen LogP contribution >= 0.6 is 24.4 Å². The molecule has 1 heterocycles. The minimum absolute atomic E-state index is 0. The average Bonchev–Trinajstić information content (AvgIpc) is 1.59. The number of nitrogens with two attached hydrogens (primary N) is 1. The Morgan fingerprint density at radius 3 is 2.30 bits per heavy atom. The number of aromatic amines is 2. The summed E-state index contributed by atoms with van der Waals surface area (Å²) in [6.07, 6.45) is 0. The minimum Gasteiger partial charge on any atom is -0.369 e. The van der Waals surface area contributed by atoms with Crippen LogP contribution in [0.2, 0.25) is 0 Å². The van der Waals surface area contributed by atoms with E-state index in [0.717, 1.165) is 0 Å². The molecule has 0 fully saturated rings. The predicted molar refractivity (Wildman–Crippen MR) is 44.8 cm³/mol. The maximum Gasteiger partial charge on any atom is 0.202 e. The van der Waals surface area contributed by atoms with Crippen LogP contribution in [0.5, 0.6) is 0 Å². The molecule has 4 nitrogen and oxygen atoms in total. The second-order valence-electron chi connectivity index (χ2n) is 1.38. The Morgan fingerprint density at radius 2 is 1.90 bits per heavy atom. The van der Waals surface area contributed by atoms with Gasteiger partial charge in [-0.2, -0.15) is 4.98 Å². The maximum absolute atomic E-state index is 5.24. The Morgan fingerprint density at radius 1 is 1.30 bits per heavy atom. The van der Waals surface area contributed by atoms with Crippen LogP contribution in [0.1, 0.15) is 0 Å². The fraction of sp³-hybridized carbons (Fsp3) is 0. The van der Waals surface area contributed by atoms with E-state index < -0.39 is 0 Å². The molecule has 0 saturated carbocycles. The van der Waals surface area contributed by atoms with Gasteiger partial charge < -0.3 is 15.7 Å². The molecular formula is C3H4N4NaS2. The SMILES string of the molecule is Nc1nc(=S)[nH]c(=S)[nH]1.[Na]. The first-order valence-corrected chi connectivity index (χ1v) is 2.96. The topological polar surface area (TPSA) is 70.5 Å². The average molecular weight is 183 g/mol. The molecule has 0 aromatic carbocycles. The Kier molecular flexibility index (Phi) is 4.30. The molecule has 0 atom stereocenters. The smallest absolute Gasteiger partial charge is 0.202 e. The van der Waals surface area contributed by atoms with Gasteiger partial charge in [0.05, 0.1) is 0 Å². The van der Waals surface area contributed by atoms with Gasteiger partial charge in [-0.1, -0.05) is 0 Å². The zero-order valence-electron chi connectivity index (χ0n) is 5.34. The molecule has 0 aliphatic rings. The molecule has 4 N–H and O–H groups in total. The minimum atomic E-state index is 0. The summed E-state index contributed by atoms with van der Waals surface area (Å²) in [5, 5.41) is 0. The summed E-state index contributed by atoms with van der Waals surface area (Å²) in [6, 6.07) is 0. The number of hydrogen-bond acceptors (Lipinski definition) is 4. The fourth-order valence-electron chi connectivity index (χ4n) is 0.410. The number of nitrogens with one attached hydrogen (secondary N) is 2. The van der Waals surface area contributed by atoms with Crippen molar-refractivity contribution in [1.29, 1.82) is 0 Å². The Bertz CT molecular complexity index is 287. The van der Waals surface area contributed by atoms with Gasteiger partial charge in [-0.3, -0.25) is 0 Å². The van der Waals surface area contributed by atoms with Gasteiger partial charge in [-0.05, 0) is 24.4 Å². The molecule has 0 unspecified atom stereocenters. The molecule has 0 aliphatic carbocycles. The number of rotatable bonds is 0. The van der Waals surface area contributed by atoms with Crippen LogP contribution < -0.4 is 5.73 Å². The molecule has 0 amide bonds. The van der Waals surface area contributed by atoms with Crippen molar-refractivity contribution >= 4 is 59.9 Å². The number of nitrogens with zero attached hydrogens (tertiary/aromatic N) is 1. The number of aromatic nitrogens is 3. The second kappa shape index (κ2) is 4.20. The van der Waals surface area contributed by atoms with Crippen LogP contribution in [0.3, 0.4) is 0 Å². The van der Waals surface area contributed by atoms with Crippen LogP contribution in [0, 0.1) is 9.54 Å². The van der Waals surface area contributed by atoms with Crippen LogP contribution in [0.25, 0.3) is 0 Å². The van der Waals surface area contributed by atoms with Gasteiger partial charge in [0.25, 0.3) is 0 Å². The van der Waals surface area contributed by atoms with Gasteiger partial charge in [0.1, 0.15) is 0 Å². The van der Waals surface area contributed by atoms with Crippen LogP contribution in [0.15, 0.2) is 0 Å². The quantitative estimate of drug-likeness (QED) is 0.402. The Hall–Kier alpha value is 0.250. The summed E-state index contributed by atoms with van der Waals surface area (Å²) in [5.41, 5.74) is 5.24. The molecule has 1 radical (unpaired) electrons. The standard InChI is InChI=1S/C3H4N4S2.Na/c4-1-5-2(8)7-3(9)6-1;/h(H4,4,5,6,7,8,9);. The van der Waals surface area contributed by atoms with Crippen molar-refractivity contribution in [3.8, 4) is 0 Å². The fourth-order valence-corrected chi connectivity index (χ4v) is 0.876. The molecule has 7 heteroatoms. The van der Waals surface area contributed by atoms with Crippen molar-refractivity contribution < 1.29 is 0 Å². The second-order valence-corrected chi connectivity index (χ2v) is 2.18. The van der Waals surface area contributed by atoms with E-state index in [0.29, 0.717) is 9.54 Å². The molecule has 10 heavy (non-hydrogen) atoms. The van der Waals surface area contributed by atoms with E-state index in [9.17, 15) is 0 Å². The van der Waals surface area contributed by atoms with Crippen LogP contribution in [0.4, 0.5) is 5.95 Å². The van der Waals surface area contributed by atoms with Gasteiger partial charge in [0, 0.05) is 29.6 Å². The molecule has 0 saturated heterocycles. The van der Waals surface area contributed by atoms with E-state index in [4.69, 9.17) is 5.73 Å². The third kappa shape index (κ3) is 2.89. The molecular weight excluding hydrogens is 179 g/mol. The van der Waals surface area contributed by atoms with Crippen LogP contribution in [-0.2, 0) is 0 Å². The number of nitrogen functional groups attached to an aromatic ring is 1. The summed E-state index contributed by atoms with van der Waals surface area (Å²) in [7, 11) is 0. The van der Waals surface area contributed by atoms with Crippen LogP contribution in [-0.4, -0.2) is 44.5 Å². The van der Waals surface area contributed by atoms with Crippen molar-refractivity contribution in [3.05, 3.63) is 9.54 Å². The first-order chi connectivity index (χ1) is 4.18. The number of hydrogen-bond donors (Lipinski definition) is 3. The van der Waals surface area contributed by atoms with Gasteiger partial charge in [0.15, 0.2) is 4.77 Å². The van der Waals surface area contributed by atoms with Gasteiger partial charge in [-0.25, -0.2) is 0 Å². The first kappa shape index (κ1) is 10.2. The van der Waals surface area contributed by atoms with Crippen molar-refractivity contribution in [2.24, 2.45) is 0 Å². The Balaban J connectivity index is 0.000000810. The summed E-state index contributed by atoms with van der Waals surface area (Å²) in [5.74, 6) is 0.240. The van der Waals surface area contributed by atoms with E-state index in [1.165, 1.54) is 0 Å². The third-order valence-electron chi connectivity index (χ3n) is 0.684. The van der Waals surface area contributed by atoms with Gasteiger partial charge in [0.2, 0.25) is 10.7 Å². The van der Waals surface area contributed by atoms with E-state index in [1.807, 2.05) is 0 Å².